The number of aromatic nitrogens is 2. The van der Waals surface area contributed by atoms with Crippen LogP contribution in [0, 0.1) is 0 Å². The molecule has 100 valence electrons. The fraction of sp³-hybridized carbons (Fsp3) is 0.692. The van der Waals surface area contributed by atoms with E-state index in [4.69, 9.17) is 9.47 Å². The van der Waals surface area contributed by atoms with Crippen molar-refractivity contribution >= 4 is 5.82 Å². The molecule has 1 atom stereocenters. The molecule has 1 saturated heterocycles. The molecule has 0 saturated carbocycles. The molecule has 1 fully saturated rings. The van der Waals surface area contributed by atoms with Crippen molar-refractivity contribution in [1.29, 1.82) is 0 Å². The van der Waals surface area contributed by atoms with Crippen LogP contribution in [0.2, 0.25) is 0 Å². The third-order valence-corrected chi connectivity index (χ3v) is 2.88. The third-order valence-electron chi connectivity index (χ3n) is 2.88. The molecule has 1 aromatic rings. The van der Waals surface area contributed by atoms with E-state index in [0.29, 0.717) is 18.6 Å². The van der Waals surface area contributed by atoms with Crippen LogP contribution in [0.1, 0.15) is 32.6 Å². The smallest absolute Gasteiger partial charge is 0.218 e. The fourth-order valence-corrected chi connectivity index (χ4v) is 1.91. The van der Waals surface area contributed by atoms with Crippen LogP contribution >= 0.6 is 0 Å². The molecule has 0 aromatic carbocycles. The summed E-state index contributed by atoms with van der Waals surface area (Å²) in [6.07, 6.45) is 6.35. The third kappa shape index (κ3) is 4.14. The van der Waals surface area contributed by atoms with E-state index in [0.717, 1.165) is 31.8 Å². The second-order valence-electron chi connectivity index (χ2n) is 4.46. The number of hydrogen-bond acceptors (Lipinski definition) is 5. The van der Waals surface area contributed by atoms with Gasteiger partial charge in [0.2, 0.25) is 5.88 Å². The average Bonchev–Trinajstić information content (AvgIpc) is 2.44. The Morgan fingerprint density at radius 1 is 1.44 bits per heavy atom. The summed E-state index contributed by atoms with van der Waals surface area (Å²) in [6.45, 7) is 4.42. The first-order chi connectivity index (χ1) is 8.88. The molecule has 1 aromatic heterocycles. The van der Waals surface area contributed by atoms with E-state index in [9.17, 15) is 0 Å². The van der Waals surface area contributed by atoms with Crippen molar-refractivity contribution in [3.63, 3.8) is 0 Å². The Morgan fingerprint density at radius 3 is 3.17 bits per heavy atom. The predicted molar refractivity (Wildman–Crippen MR) is 69.9 cm³/mol. The average molecular weight is 251 g/mol. The highest BCUT2D eigenvalue weighted by Crippen LogP contribution is 2.15. The molecule has 5 heteroatoms. The van der Waals surface area contributed by atoms with E-state index in [2.05, 4.69) is 22.2 Å². The normalized spacial score (nSPS) is 19.5. The minimum atomic E-state index is 0.300. The zero-order valence-electron chi connectivity index (χ0n) is 10.9. The largest absolute Gasteiger partial charge is 0.478 e. The lowest BCUT2D eigenvalue weighted by molar-refractivity contribution is 0.0247. The summed E-state index contributed by atoms with van der Waals surface area (Å²) < 4.78 is 11.1. The molecule has 1 unspecified atom stereocenters. The van der Waals surface area contributed by atoms with Crippen LogP contribution in [0.3, 0.4) is 0 Å². The Hall–Kier alpha value is -1.36. The number of ether oxygens (including phenoxy) is 2. The zero-order chi connectivity index (χ0) is 12.6. The topological polar surface area (TPSA) is 56.3 Å². The zero-order valence-corrected chi connectivity index (χ0v) is 10.9. The highest BCUT2D eigenvalue weighted by atomic mass is 16.5. The molecule has 0 aliphatic carbocycles. The lowest BCUT2D eigenvalue weighted by Gasteiger charge is -2.22. The number of hydrogen-bond donors (Lipinski definition) is 1. The summed E-state index contributed by atoms with van der Waals surface area (Å²) in [5.74, 6) is 1.42. The van der Waals surface area contributed by atoms with E-state index in [1.165, 1.54) is 19.2 Å². The summed E-state index contributed by atoms with van der Waals surface area (Å²) >= 11 is 0. The number of nitrogens with zero attached hydrogens (tertiary/aromatic N) is 2. The monoisotopic (exact) mass is 251 g/mol. The van der Waals surface area contributed by atoms with Gasteiger partial charge in [-0.1, -0.05) is 6.92 Å². The highest BCUT2D eigenvalue weighted by Gasteiger charge is 2.13. The van der Waals surface area contributed by atoms with Gasteiger partial charge in [0.25, 0.3) is 0 Å². The minimum absolute atomic E-state index is 0.300. The summed E-state index contributed by atoms with van der Waals surface area (Å²) in [5.41, 5.74) is 0. The van der Waals surface area contributed by atoms with Crippen LogP contribution < -0.4 is 10.1 Å². The van der Waals surface area contributed by atoms with Gasteiger partial charge >= 0.3 is 0 Å². The van der Waals surface area contributed by atoms with Gasteiger partial charge in [0, 0.05) is 19.2 Å². The summed E-state index contributed by atoms with van der Waals surface area (Å²) in [6, 6.07) is 1.83. The van der Waals surface area contributed by atoms with Crippen molar-refractivity contribution in [1.82, 2.24) is 9.97 Å². The first-order valence-corrected chi connectivity index (χ1v) is 6.69. The van der Waals surface area contributed by atoms with Crippen molar-refractivity contribution in [2.45, 2.75) is 38.7 Å². The Bertz CT molecular complexity index is 354. The van der Waals surface area contributed by atoms with E-state index in [1.807, 2.05) is 6.07 Å². The molecule has 0 spiro atoms. The number of anilines is 1. The van der Waals surface area contributed by atoms with Crippen molar-refractivity contribution in [2.75, 3.05) is 25.1 Å². The van der Waals surface area contributed by atoms with Crippen LogP contribution in [0.25, 0.3) is 0 Å². The van der Waals surface area contributed by atoms with Crippen molar-refractivity contribution in [3.8, 4) is 5.88 Å². The summed E-state index contributed by atoms with van der Waals surface area (Å²) in [7, 11) is 0. The Morgan fingerprint density at radius 2 is 2.39 bits per heavy atom. The quantitative estimate of drug-likeness (QED) is 0.840. The second kappa shape index (κ2) is 7.16. The van der Waals surface area contributed by atoms with E-state index >= 15 is 0 Å². The molecular weight excluding hydrogens is 230 g/mol. The molecule has 1 aliphatic rings. The molecule has 1 N–H and O–H groups in total. The predicted octanol–water partition coefficient (Wildman–Crippen LogP) is 2.25. The molecule has 2 heterocycles. The SMILES string of the molecule is CCCOc1cc(NCC2CCCCO2)ncn1. The van der Waals surface area contributed by atoms with Crippen molar-refractivity contribution in [3.05, 3.63) is 12.4 Å². The highest BCUT2D eigenvalue weighted by molar-refractivity contribution is 5.37. The van der Waals surface area contributed by atoms with Gasteiger partial charge in [0.15, 0.2) is 0 Å². The maximum absolute atomic E-state index is 5.66. The Labute approximate surface area is 108 Å². The summed E-state index contributed by atoms with van der Waals surface area (Å²) in [4.78, 5) is 8.24. The molecule has 1 aliphatic heterocycles. The summed E-state index contributed by atoms with van der Waals surface area (Å²) in [5, 5.41) is 3.28. The molecule has 18 heavy (non-hydrogen) atoms. The van der Waals surface area contributed by atoms with E-state index in [1.54, 1.807) is 0 Å². The van der Waals surface area contributed by atoms with Gasteiger partial charge < -0.3 is 14.8 Å². The first kappa shape index (κ1) is 13.1. The van der Waals surface area contributed by atoms with Crippen LogP contribution in [-0.2, 0) is 4.74 Å². The van der Waals surface area contributed by atoms with Gasteiger partial charge in [-0.15, -0.1) is 0 Å². The Balaban J connectivity index is 1.80. The maximum Gasteiger partial charge on any atom is 0.218 e. The van der Waals surface area contributed by atoms with Crippen LogP contribution in [-0.4, -0.2) is 35.8 Å². The standard InChI is InChI=1S/C13H21N3O2/c1-2-6-18-13-8-12(15-10-16-13)14-9-11-5-3-4-7-17-11/h8,10-11H,2-7,9H2,1H3,(H,14,15,16). The second-order valence-corrected chi connectivity index (χ2v) is 4.46. The maximum atomic E-state index is 5.66. The molecule has 2 rings (SSSR count). The Kier molecular flexibility index (Phi) is 5.20. The molecular formula is C13H21N3O2. The number of rotatable bonds is 6. The van der Waals surface area contributed by atoms with Gasteiger partial charge in [-0.25, -0.2) is 9.97 Å². The van der Waals surface area contributed by atoms with Gasteiger partial charge in [-0.2, -0.15) is 0 Å². The number of nitrogens with one attached hydrogen (secondary N) is 1. The first-order valence-electron chi connectivity index (χ1n) is 6.69. The van der Waals surface area contributed by atoms with Gasteiger partial charge in [0.05, 0.1) is 12.7 Å². The van der Waals surface area contributed by atoms with E-state index < -0.39 is 0 Å². The van der Waals surface area contributed by atoms with Crippen molar-refractivity contribution in [2.24, 2.45) is 0 Å². The fourth-order valence-electron chi connectivity index (χ4n) is 1.91. The van der Waals surface area contributed by atoms with E-state index in [-0.39, 0.29) is 0 Å². The van der Waals surface area contributed by atoms with Crippen LogP contribution in [0.15, 0.2) is 12.4 Å². The molecule has 0 bridgehead atoms. The van der Waals surface area contributed by atoms with Gasteiger partial charge in [-0.05, 0) is 25.7 Å². The molecule has 5 nitrogen and oxygen atoms in total. The lowest BCUT2D eigenvalue weighted by atomic mass is 10.1. The van der Waals surface area contributed by atoms with Gasteiger partial charge in [-0.3, -0.25) is 0 Å². The minimum Gasteiger partial charge on any atom is -0.478 e. The molecule has 0 amide bonds. The van der Waals surface area contributed by atoms with Crippen LogP contribution in [0.5, 0.6) is 5.88 Å². The lowest BCUT2D eigenvalue weighted by Crippen LogP contribution is -2.27. The molecule has 0 radical (unpaired) electrons. The van der Waals surface area contributed by atoms with Gasteiger partial charge in [0.1, 0.15) is 12.1 Å². The van der Waals surface area contributed by atoms with Crippen LogP contribution in [0.4, 0.5) is 5.82 Å². The van der Waals surface area contributed by atoms with Crippen molar-refractivity contribution < 1.29 is 9.47 Å².